The minimum absolute atomic E-state index is 0.142. The van der Waals surface area contributed by atoms with Gasteiger partial charge in [0.05, 0.1) is 0 Å². The van der Waals surface area contributed by atoms with Gasteiger partial charge in [-0.05, 0) is 37.4 Å². The topological polar surface area (TPSA) is 94.0 Å². The van der Waals surface area contributed by atoms with E-state index in [2.05, 4.69) is 15.5 Å². The first-order valence-corrected chi connectivity index (χ1v) is 7.16. The van der Waals surface area contributed by atoms with E-state index in [1.54, 1.807) is 18.5 Å². The van der Waals surface area contributed by atoms with Gasteiger partial charge in [0, 0.05) is 30.1 Å². The summed E-state index contributed by atoms with van der Waals surface area (Å²) in [6.07, 6.45) is 6.49. The van der Waals surface area contributed by atoms with Gasteiger partial charge in [-0.1, -0.05) is 11.6 Å². The Hall–Kier alpha value is -2.21. The van der Waals surface area contributed by atoms with Gasteiger partial charge in [0.25, 0.3) is 5.91 Å². The predicted molar refractivity (Wildman–Crippen MR) is 77.4 cm³/mol. The molecule has 0 bridgehead atoms. The van der Waals surface area contributed by atoms with Crippen molar-refractivity contribution < 1.29 is 9.32 Å². The van der Waals surface area contributed by atoms with Crippen molar-refractivity contribution >= 4 is 5.91 Å². The molecule has 21 heavy (non-hydrogen) atoms. The van der Waals surface area contributed by atoms with Crippen LogP contribution < -0.4 is 11.1 Å². The second kappa shape index (κ2) is 6.05. The minimum atomic E-state index is -0.204. The maximum Gasteiger partial charge on any atom is 0.273 e. The van der Waals surface area contributed by atoms with Crippen LogP contribution in [0.5, 0.6) is 0 Å². The van der Waals surface area contributed by atoms with Crippen LogP contribution in [-0.4, -0.2) is 28.6 Å². The third-order valence-corrected chi connectivity index (χ3v) is 3.99. The Bertz CT molecular complexity index is 611. The number of amides is 1. The predicted octanol–water partition coefficient (Wildman–Crippen LogP) is 1.59. The standard InChI is InChI=1S/C15H18N4O2/c16-9-11-2-1-3-12(11)18-15(20)13-8-14(21-19-13)10-4-6-17-7-5-10/h4-8,11-12H,1-3,9,16H2,(H,18,20). The summed E-state index contributed by atoms with van der Waals surface area (Å²) in [5, 5.41) is 6.85. The van der Waals surface area contributed by atoms with E-state index in [0.29, 0.717) is 23.9 Å². The number of hydrogen-bond acceptors (Lipinski definition) is 5. The molecule has 0 aliphatic heterocycles. The molecule has 1 fully saturated rings. The van der Waals surface area contributed by atoms with Gasteiger partial charge in [-0.2, -0.15) is 0 Å². The van der Waals surface area contributed by atoms with Gasteiger partial charge in [-0.3, -0.25) is 9.78 Å². The minimum Gasteiger partial charge on any atom is -0.355 e. The fourth-order valence-electron chi connectivity index (χ4n) is 2.79. The molecule has 2 aromatic heterocycles. The molecule has 1 aliphatic rings. The number of rotatable bonds is 4. The summed E-state index contributed by atoms with van der Waals surface area (Å²) in [5.41, 5.74) is 6.87. The van der Waals surface area contributed by atoms with Crippen LogP contribution in [0.1, 0.15) is 29.8 Å². The number of nitrogens with zero attached hydrogens (tertiary/aromatic N) is 2. The molecule has 2 aromatic rings. The first-order valence-electron chi connectivity index (χ1n) is 7.16. The molecular weight excluding hydrogens is 268 g/mol. The van der Waals surface area contributed by atoms with Gasteiger partial charge in [-0.15, -0.1) is 0 Å². The molecule has 0 saturated heterocycles. The zero-order valence-corrected chi connectivity index (χ0v) is 11.7. The average molecular weight is 286 g/mol. The SMILES string of the molecule is NCC1CCCC1NC(=O)c1cc(-c2ccncc2)on1. The Balaban J connectivity index is 1.70. The van der Waals surface area contributed by atoms with Crippen LogP contribution in [0.15, 0.2) is 35.1 Å². The summed E-state index contributed by atoms with van der Waals surface area (Å²) in [4.78, 5) is 16.2. The lowest BCUT2D eigenvalue weighted by molar-refractivity contribution is 0.0919. The summed E-state index contributed by atoms with van der Waals surface area (Å²) < 4.78 is 5.23. The highest BCUT2D eigenvalue weighted by Gasteiger charge is 2.28. The molecule has 1 aliphatic carbocycles. The van der Waals surface area contributed by atoms with E-state index in [4.69, 9.17) is 10.3 Å². The zero-order valence-electron chi connectivity index (χ0n) is 11.7. The van der Waals surface area contributed by atoms with E-state index in [-0.39, 0.29) is 11.9 Å². The molecule has 2 unspecified atom stereocenters. The van der Waals surface area contributed by atoms with Gasteiger partial charge in [0.2, 0.25) is 0 Å². The number of carbonyl (C=O) groups is 1. The lowest BCUT2D eigenvalue weighted by Crippen LogP contribution is -2.39. The largest absolute Gasteiger partial charge is 0.355 e. The van der Waals surface area contributed by atoms with Gasteiger partial charge in [-0.25, -0.2) is 0 Å². The maximum absolute atomic E-state index is 12.2. The number of pyridine rings is 1. The van der Waals surface area contributed by atoms with Crippen LogP contribution in [-0.2, 0) is 0 Å². The van der Waals surface area contributed by atoms with Crippen molar-refractivity contribution in [3.05, 3.63) is 36.3 Å². The smallest absolute Gasteiger partial charge is 0.273 e. The number of hydrogen-bond donors (Lipinski definition) is 2. The lowest BCUT2D eigenvalue weighted by atomic mass is 10.0. The van der Waals surface area contributed by atoms with E-state index in [1.165, 1.54) is 0 Å². The molecule has 2 heterocycles. The molecule has 1 amide bonds. The second-order valence-corrected chi connectivity index (χ2v) is 5.32. The molecule has 3 rings (SSSR count). The van der Waals surface area contributed by atoms with Crippen molar-refractivity contribution in [3.63, 3.8) is 0 Å². The monoisotopic (exact) mass is 286 g/mol. The second-order valence-electron chi connectivity index (χ2n) is 5.32. The number of nitrogens with one attached hydrogen (secondary N) is 1. The van der Waals surface area contributed by atoms with E-state index >= 15 is 0 Å². The molecule has 0 aromatic carbocycles. The Kier molecular flexibility index (Phi) is 3.96. The van der Waals surface area contributed by atoms with Crippen LogP contribution >= 0.6 is 0 Å². The van der Waals surface area contributed by atoms with E-state index in [0.717, 1.165) is 24.8 Å². The van der Waals surface area contributed by atoms with Crippen LogP contribution in [0.2, 0.25) is 0 Å². The first kappa shape index (κ1) is 13.8. The Labute approximate surface area is 122 Å². The summed E-state index contributed by atoms with van der Waals surface area (Å²) in [6, 6.07) is 5.41. The van der Waals surface area contributed by atoms with E-state index < -0.39 is 0 Å². The molecule has 6 nitrogen and oxygen atoms in total. The Morgan fingerprint density at radius 1 is 1.38 bits per heavy atom. The van der Waals surface area contributed by atoms with E-state index in [9.17, 15) is 4.79 Å². The third kappa shape index (κ3) is 2.95. The molecule has 1 saturated carbocycles. The number of nitrogens with two attached hydrogens (primary N) is 1. The van der Waals surface area contributed by atoms with Crippen molar-refractivity contribution in [1.29, 1.82) is 0 Å². The molecule has 3 N–H and O–H groups in total. The normalized spacial score (nSPS) is 21.4. The molecule has 0 spiro atoms. The van der Waals surface area contributed by atoms with Gasteiger partial charge >= 0.3 is 0 Å². The summed E-state index contributed by atoms with van der Waals surface area (Å²) in [5.74, 6) is 0.717. The molecule has 110 valence electrons. The average Bonchev–Trinajstić information content (AvgIpc) is 3.17. The highest BCUT2D eigenvalue weighted by molar-refractivity contribution is 5.93. The maximum atomic E-state index is 12.2. The van der Waals surface area contributed by atoms with Crippen molar-refractivity contribution in [2.75, 3.05) is 6.54 Å². The Morgan fingerprint density at radius 2 is 2.19 bits per heavy atom. The molecular formula is C15H18N4O2. The summed E-state index contributed by atoms with van der Waals surface area (Å²) >= 11 is 0. The highest BCUT2D eigenvalue weighted by atomic mass is 16.5. The van der Waals surface area contributed by atoms with Crippen LogP contribution in [0.3, 0.4) is 0 Å². The van der Waals surface area contributed by atoms with Crippen LogP contribution in [0.25, 0.3) is 11.3 Å². The molecule has 6 heteroatoms. The van der Waals surface area contributed by atoms with Crippen molar-refractivity contribution in [3.8, 4) is 11.3 Å². The highest BCUT2D eigenvalue weighted by Crippen LogP contribution is 2.25. The van der Waals surface area contributed by atoms with Gasteiger partial charge < -0.3 is 15.6 Å². The van der Waals surface area contributed by atoms with Crippen LogP contribution in [0, 0.1) is 5.92 Å². The lowest BCUT2D eigenvalue weighted by Gasteiger charge is -2.18. The summed E-state index contributed by atoms with van der Waals surface area (Å²) in [7, 11) is 0. The van der Waals surface area contributed by atoms with Crippen molar-refractivity contribution in [1.82, 2.24) is 15.5 Å². The van der Waals surface area contributed by atoms with Gasteiger partial charge in [0.1, 0.15) is 0 Å². The van der Waals surface area contributed by atoms with Crippen molar-refractivity contribution in [2.24, 2.45) is 11.7 Å². The Morgan fingerprint density at radius 3 is 2.95 bits per heavy atom. The fourth-order valence-corrected chi connectivity index (χ4v) is 2.79. The molecule has 0 radical (unpaired) electrons. The zero-order chi connectivity index (χ0) is 14.7. The quantitative estimate of drug-likeness (QED) is 0.890. The van der Waals surface area contributed by atoms with Crippen LogP contribution in [0.4, 0.5) is 0 Å². The van der Waals surface area contributed by atoms with Gasteiger partial charge in [0.15, 0.2) is 11.5 Å². The van der Waals surface area contributed by atoms with E-state index in [1.807, 2.05) is 12.1 Å². The summed E-state index contributed by atoms with van der Waals surface area (Å²) in [6.45, 7) is 0.603. The first-order chi connectivity index (χ1) is 10.3. The number of aromatic nitrogens is 2. The molecule has 2 atom stereocenters. The third-order valence-electron chi connectivity index (χ3n) is 3.99. The fraction of sp³-hybridized carbons (Fsp3) is 0.400. The van der Waals surface area contributed by atoms with Crippen molar-refractivity contribution in [2.45, 2.75) is 25.3 Å². The number of carbonyl (C=O) groups excluding carboxylic acids is 1.